The third kappa shape index (κ3) is 3.18. The van der Waals surface area contributed by atoms with Crippen LogP contribution in [0.25, 0.3) is 0 Å². The molecule has 0 N–H and O–H groups in total. The van der Waals surface area contributed by atoms with Gasteiger partial charge in [-0.1, -0.05) is 50.1 Å². The molecule has 0 aliphatic heterocycles. The van der Waals surface area contributed by atoms with E-state index in [1.54, 1.807) is 0 Å². The van der Waals surface area contributed by atoms with Crippen LogP contribution in [0.5, 0.6) is 0 Å². The molecule has 92 valence electrons. The SMILES string of the molecule is CCCC1CCC(C(=O)c2ccccc2)CC1. The highest BCUT2D eigenvalue weighted by Crippen LogP contribution is 2.33. The molecule has 2 rings (SSSR count). The summed E-state index contributed by atoms with van der Waals surface area (Å²) in [5, 5.41) is 0. The van der Waals surface area contributed by atoms with Crippen LogP contribution in [0.15, 0.2) is 30.3 Å². The van der Waals surface area contributed by atoms with Crippen LogP contribution >= 0.6 is 0 Å². The summed E-state index contributed by atoms with van der Waals surface area (Å²) in [4.78, 5) is 12.3. The largest absolute Gasteiger partial charge is 0.294 e. The lowest BCUT2D eigenvalue weighted by atomic mass is 9.77. The Morgan fingerprint density at radius 1 is 1.12 bits per heavy atom. The van der Waals surface area contributed by atoms with E-state index in [1.165, 1.54) is 25.7 Å². The fourth-order valence-corrected chi connectivity index (χ4v) is 2.96. The molecule has 0 bridgehead atoms. The first-order valence-electron chi connectivity index (χ1n) is 6.90. The summed E-state index contributed by atoms with van der Waals surface area (Å²) in [6.07, 6.45) is 7.30. The zero-order valence-electron chi connectivity index (χ0n) is 10.7. The molecule has 0 spiro atoms. The predicted molar refractivity (Wildman–Crippen MR) is 71.1 cm³/mol. The monoisotopic (exact) mass is 230 g/mol. The highest BCUT2D eigenvalue weighted by Gasteiger charge is 2.26. The standard InChI is InChI=1S/C16H22O/c1-2-6-13-9-11-15(12-10-13)16(17)14-7-4-3-5-8-14/h3-5,7-8,13,15H,2,6,9-12H2,1H3. The third-order valence-corrected chi connectivity index (χ3v) is 3.97. The minimum absolute atomic E-state index is 0.283. The van der Waals surface area contributed by atoms with Crippen LogP contribution in [-0.2, 0) is 0 Å². The van der Waals surface area contributed by atoms with E-state index < -0.39 is 0 Å². The lowest BCUT2D eigenvalue weighted by Gasteiger charge is -2.27. The number of Topliss-reactive ketones (excluding diaryl/α,β-unsaturated/α-hetero) is 1. The summed E-state index contributed by atoms with van der Waals surface area (Å²) in [6.45, 7) is 2.25. The topological polar surface area (TPSA) is 17.1 Å². The van der Waals surface area contributed by atoms with Crippen molar-refractivity contribution in [3.05, 3.63) is 35.9 Å². The van der Waals surface area contributed by atoms with Gasteiger partial charge in [0, 0.05) is 11.5 Å². The summed E-state index contributed by atoms with van der Waals surface area (Å²) in [7, 11) is 0. The van der Waals surface area contributed by atoms with E-state index in [4.69, 9.17) is 0 Å². The van der Waals surface area contributed by atoms with Crippen LogP contribution in [0.2, 0.25) is 0 Å². The first-order chi connectivity index (χ1) is 8.31. The van der Waals surface area contributed by atoms with Crippen LogP contribution in [0.4, 0.5) is 0 Å². The maximum atomic E-state index is 12.3. The normalized spacial score (nSPS) is 24.5. The predicted octanol–water partition coefficient (Wildman–Crippen LogP) is 4.48. The maximum Gasteiger partial charge on any atom is 0.165 e. The highest BCUT2D eigenvalue weighted by molar-refractivity contribution is 5.97. The Balaban J connectivity index is 1.91. The van der Waals surface area contributed by atoms with Crippen LogP contribution in [0.1, 0.15) is 55.8 Å². The van der Waals surface area contributed by atoms with Crippen LogP contribution in [-0.4, -0.2) is 5.78 Å². The lowest BCUT2D eigenvalue weighted by Crippen LogP contribution is -2.21. The second-order valence-electron chi connectivity index (χ2n) is 5.24. The van der Waals surface area contributed by atoms with Gasteiger partial charge in [-0.3, -0.25) is 4.79 Å². The van der Waals surface area contributed by atoms with E-state index in [0.717, 1.165) is 24.3 Å². The summed E-state index contributed by atoms with van der Waals surface area (Å²) >= 11 is 0. The molecule has 1 nitrogen and oxygen atoms in total. The van der Waals surface area contributed by atoms with Gasteiger partial charge in [0.05, 0.1) is 0 Å². The van der Waals surface area contributed by atoms with Gasteiger partial charge in [-0.05, 0) is 31.6 Å². The minimum Gasteiger partial charge on any atom is -0.294 e. The number of rotatable bonds is 4. The number of benzene rings is 1. The van der Waals surface area contributed by atoms with Crippen molar-refractivity contribution < 1.29 is 4.79 Å². The fraction of sp³-hybridized carbons (Fsp3) is 0.562. The fourth-order valence-electron chi connectivity index (χ4n) is 2.96. The lowest BCUT2D eigenvalue weighted by molar-refractivity contribution is 0.0870. The molecular formula is C16H22O. The number of hydrogen-bond acceptors (Lipinski definition) is 1. The quantitative estimate of drug-likeness (QED) is 0.697. The van der Waals surface area contributed by atoms with Crippen molar-refractivity contribution in [1.82, 2.24) is 0 Å². The van der Waals surface area contributed by atoms with Gasteiger partial charge in [-0.2, -0.15) is 0 Å². The van der Waals surface area contributed by atoms with Crippen molar-refractivity contribution in [1.29, 1.82) is 0 Å². The zero-order chi connectivity index (χ0) is 12.1. The second-order valence-corrected chi connectivity index (χ2v) is 5.24. The van der Waals surface area contributed by atoms with Crippen molar-refractivity contribution in [2.45, 2.75) is 45.4 Å². The first kappa shape index (κ1) is 12.3. The van der Waals surface area contributed by atoms with Crippen LogP contribution < -0.4 is 0 Å². The Morgan fingerprint density at radius 3 is 2.35 bits per heavy atom. The zero-order valence-corrected chi connectivity index (χ0v) is 10.7. The smallest absolute Gasteiger partial charge is 0.165 e. The molecule has 1 aromatic carbocycles. The van der Waals surface area contributed by atoms with Crippen LogP contribution in [0, 0.1) is 11.8 Å². The van der Waals surface area contributed by atoms with Gasteiger partial charge in [-0.15, -0.1) is 0 Å². The van der Waals surface area contributed by atoms with Gasteiger partial charge in [0.25, 0.3) is 0 Å². The highest BCUT2D eigenvalue weighted by atomic mass is 16.1. The second kappa shape index (κ2) is 6.00. The molecule has 0 unspecified atom stereocenters. The number of carbonyl (C=O) groups excluding carboxylic acids is 1. The molecule has 1 saturated carbocycles. The molecular weight excluding hydrogens is 208 g/mol. The van der Waals surface area contributed by atoms with Crippen molar-refractivity contribution in [2.24, 2.45) is 11.8 Å². The number of hydrogen-bond donors (Lipinski definition) is 0. The van der Waals surface area contributed by atoms with Crippen molar-refractivity contribution in [3.8, 4) is 0 Å². The van der Waals surface area contributed by atoms with Gasteiger partial charge in [0.15, 0.2) is 5.78 Å². The Kier molecular flexibility index (Phi) is 4.36. The Bertz CT molecular complexity index is 347. The number of ketones is 1. The Hall–Kier alpha value is -1.11. The molecule has 1 heteroatoms. The van der Waals surface area contributed by atoms with Gasteiger partial charge < -0.3 is 0 Å². The first-order valence-corrected chi connectivity index (χ1v) is 6.90. The van der Waals surface area contributed by atoms with Crippen molar-refractivity contribution in [3.63, 3.8) is 0 Å². The Labute approximate surface area is 104 Å². The number of carbonyl (C=O) groups is 1. The average Bonchev–Trinajstić information content (AvgIpc) is 2.40. The molecule has 1 aliphatic carbocycles. The molecule has 1 fully saturated rings. The minimum atomic E-state index is 0.283. The molecule has 0 aromatic heterocycles. The average molecular weight is 230 g/mol. The van der Waals surface area contributed by atoms with E-state index in [9.17, 15) is 4.79 Å². The maximum absolute atomic E-state index is 12.3. The van der Waals surface area contributed by atoms with Gasteiger partial charge in [0.2, 0.25) is 0 Å². The molecule has 0 saturated heterocycles. The van der Waals surface area contributed by atoms with Gasteiger partial charge >= 0.3 is 0 Å². The Morgan fingerprint density at radius 2 is 1.76 bits per heavy atom. The summed E-state index contributed by atoms with van der Waals surface area (Å²) in [5.74, 6) is 1.52. The molecule has 0 atom stereocenters. The van der Waals surface area contributed by atoms with E-state index in [2.05, 4.69) is 6.92 Å². The van der Waals surface area contributed by atoms with E-state index in [-0.39, 0.29) is 5.92 Å². The van der Waals surface area contributed by atoms with Crippen LogP contribution in [0.3, 0.4) is 0 Å². The van der Waals surface area contributed by atoms with E-state index >= 15 is 0 Å². The molecule has 1 aromatic rings. The molecule has 0 heterocycles. The van der Waals surface area contributed by atoms with Gasteiger partial charge in [-0.25, -0.2) is 0 Å². The summed E-state index contributed by atoms with van der Waals surface area (Å²) < 4.78 is 0. The molecule has 1 aliphatic rings. The molecule has 17 heavy (non-hydrogen) atoms. The van der Waals surface area contributed by atoms with Crippen molar-refractivity contribution in [2.75, 3.05) is 0 Å². The van der Waals surface area contributed by atoms with E-state index in [1.807, 2.05) is 30.3 Å². The molecule has 0 radical (unpaired) electrons. The van der Waals surface area contributed by atoms with Crippen molar-refractivity contribution >= 4 is 5.78 Å². The summed E-state index contributed by atoms with van der Waals surface area (Å²) in [6, 6.07) is 9.77. The summed E-state index contributed by atoms with van der Waals surface area (Å²) in [5.41, 5.74) is 0.895. The molecule has 0 amide bonds. The third-order valence-electron chi connectivity index (χ3n) is 3.97. The van der Waals surface area contributed by atoms with E-state index in [0.29, 0.717) is 5.78 Å². The van der Waals surface area contributed by atoms with Gasteiger partial charge in [0.1, 0.15) is 0 Å².